The number of ketones is 1. The van der Waals surface area contributed by atoms with Crippen LogP contribution in [0.25, 0.3) is 0 Å². The lowest BCUT2D eigenvalue weighted by Crippen LogP contribution is -2.40. The van der Waals surface area contributed by atoms with Crippen LogP contribution in [0.15, 0.2) is 0 Å². The highest BCUT2D eigenvalue weighted by molar-refractivity contribution is 5.83. The van der Waals surface area contributed by atoms with Crippen molar-refractivity contribution in [1.82, 2.24) is 0 Å². The number of rotatable bonds is 1. The van der Waals surface area contributed by atoms with Gasteiger partial charge in [0.25, 0.3) is 0 Å². The highest BCUT2D eigenvalue weighted by Gasteiger charge is 2.36. The molecule has 0 radical (unpaired) electrons. The zero-order valence-corrected chi connectivity index (χ0v) is 17.4. The summed E-state index contributed by atoms with van der Waals surface area (Å²) in [4.78, 5) is 25.2. The molecule has 1 aliphatic heterocycles. The first-order valence-corrected chi connectivity index (χ1v) is 10.1. The molecule has 5 heteroatoms. The Bertz CT molecular complexity index is 477. The lowest BCUT2D eigenvalue weighted by Gasteiger charge is -2.34. The summed E-state index contributed by atoms with van der Waals surface area (Å²) in [6, 6.07) is 0. The summed E-state index contributed by atoms with van der Waals surface area (Å²) < 4.78 is 5.55. The lowest BCUT2D eigenvalue weighted by atomic mass is 9.74. The Morgan fingerprint density at radius 1 is 0.923 bits per heavy atom. The second-order valence-electron chi connectivity index (χ2n) is 8.57. The Balaban J connectivity index is 3.13. The molecule has 1 heterocycles. The fourth-order valence-corrected chi connectivity index (χ4v) is 3.99. The molecule has 0 bridgehead atoms. The number of carbonyl (C=O) groups is 2. The Morgan fingerprint density at radius 3 is 2.04 bits per heavy atom. The fraction of sp³-hybridized carbons (Fsp3) is 0.905. The second kappa shape index (κ2) is 9.84. The molecule has 0 aliphatic carbocycles. The lowest BCUT2D eigenvalue weighted by molar-refractivity contribution is -0.161. The van der Waals surface area contributed by atoms with Crippen molar-refractivity contribution in [1.29, 1.82) is 0 Å². The molecule has 5 nitrogen and oxygen atoms in total. The number of hydrogen-bond donors (Lipinski definition) is 2. The minimum Gasteiger partial charge on any atom is -0.462 e. The average molecular weight is 371 g/mol. The first-order valence-electron chi connectivity index (χ1n) is 10.1. The zero-order chi connectivity index (χ0) is 20.2. The molecule has 1 aliphatic rings. The van der Waals surface area contributed by atoms with Crippen LogP contribution in [0.2, 0.25) is 0 Å². The Hall–Kier alpha value is -0.940. The van der Waals surface area contributed by atoms with Gasteiger partial charge < -0.3 is 14.9 Å². The van der Waals surface area contributed by atoms with E-state index in [1.165, 1.54) is 0 Å². The van der Waals surface area contributed by atoms with Crippen molar-refractivity contribution in [2.24, 2.45) is 35.5 Å². The van der Waals surface area contributed by atoms with Gasteiger partial charge >= 0.3 is 5.97 Å². The number of esters is 1. The summed E-state index contributed by atoms with van der Waals surface area (Å²) in [6.07, 6.45) is -0.568. The largest absolute Gasteiger partial charge is 0.462 e. The van der Waals surface area contributed by atoms with E-state index in [9.17, 15) is 19.8 Å². The van der Waals surface area contributed by atoms with Gasteiger partial charge in [-0.15, -0.1) is 0 Å². The molecule has 0 aromatic carbocycles. The highest BCUT2D eigenvalue weighted by atomic mass is 16.5. The molecular weight excluding hydrogens is 332 g/mol. The van der Waals surface area contributed by atoms with Gasteiger partial charge in [-0.05, 0) is 37.5 Å². The van der Waals surface area contributed by atoms with Crippen LogP contribution in [0.5, 0.6) is 0 Å². The van der Waals surface area contributed by atoms with Crippen LogP contribution in [0, 0.1) is 35.5 Å². The summed E-state index contributed by atoms with van der Waals surface area (Å²) in [5.74, 6) is -1.35. The monoisotopic (exact) mass is 370 g/mol. The van der Waals surface area contributed by atoms with Crippen LogP contribution < -0.4 is 0 Å². The summed E-state index contributed by atoms with van der Waals surface area (Å²) in [5, 5.41) is 21.1. The van der Waals surface area contributed by atoms with Gasteiger partial charge in [-0.3, -0.25) is 9.59 Å². The predicted octanol–water partition coefficient (Wildman–Crippen LogP) is 3.21. The van der Waals surface area contributed by atoms with Crippen molar-refractivity contribution in [3.05, 3.63) is 0 Å². The molecule has 152 valence electrons. The van der Waals surface area contributed by atoms with Crippen LogP contribution in [0.1, 0.15) is 67.7 Å². The van der Waals surface area contributed by atoms with Crippen LogP contribution in [0.3, 0.4) is 0 Å². The van der Waals surface area contributed by atoms with E-state index in [0.29, 0.717) is 12.8 Å². The minimum atomic E-state index is -0.836. The standard InChI is InChI=1S/C21H38O5/c1-8-17-10-18(22)15(6)19(23)12(3)9-11(2)13(4)14(5)20(24)16(7)21(25)26-17/h11-18,20,22,24H,8-10H2,1-7H3. The Labute approximate surface area is 158 Å². The molecule has 1 rings (SSSR count). The third-order valence-electron chi connectivity index (χ3n) is 6.63. The maximum absolute atomic E-state index is 12.7. The van der Waals surface area contributed by atoms with Crippen molar-refractivity contribution in [3.63, 3.8) is 0 Å². The molecular formula is C21H38O5. The van der Waals surface area contributed by atoms with Crippen molar-refractivity contribution in [2.75, 3.05) is 0 Å². The third-order valence-corrected chi connectivity index (χ3v) is 6.63. The van der Waals surface area contributed by atoms with Gasteiger partial charge in [0.2, 0.25) is 0 Å². The summed E-state index contributed by atoms with van der Waals surface area (Å²) in [5.41, 5.74) is 0. The van der Waals surface area contributed by atoms with Gasteiger partial charge in [-0.25, -0.2) is 0 Å². The van der Waals surface area contributed by atoms with Gasteiger partial charge in [0.1, 0.15) is 11.9 Å². The molecule has 0 saturated carbocycles. The van der Waals surface area contributed by atoms with Gasteiger partial charge in [0.05, 0.1) is 18.1 Å². The number of carbonyl (C=O) groups excluding carboxylic acids is 2. The number of cyclic esters (lactones) is 1. The number of Topliss-reactive ketones (excluding diaryl/α,β-unsaturated/α-hetero) is 1. The third kappa shape index (κ3) is 5.53. The first kappa shape index (κ1) is 23.1. The van der Waals surface area contributed by atoms with Crippen molar-refractivity contribution in [3.8, 4) is 0 Å². The van der Waals surface area contributed by atoms with Crippen LogP contribution >= 0.6 is 0 Å². The molecule has 0 aromatic rings. The number of aliphatic hydroxyl groups excluding tert-OH is 2. The fourth-order valence-electron chi connectivity index (χ4n) is 3.99. The van der Waals surface area contributed by atoms with Crippen LogP contribution in [-0.4, -0.2) is 40.3 Å². The summed E-state index contributed by atoms with van der Waals surface area (Å²) in [6.45, 7) is 13.4. The number of ether oxygens (including phenoxy) is 1. The molecule has 1 fully saturated rings. The van der Waals surface area contributed by atoms with Crippen LogP contribution in [-0.2, 0) is 14.3 Å². The van der Waals surface area contributed by atoms with E-state index < -0.39 is 36.1 Å². The summed E-state index contributed by atoms with van der Waals surface area (Å²) in [7, 11) is 0. The van der Waals surface area contributed by atoms with Gasteiger partial charge in [0.15, 0.2) is 0 Å². The summed E-state index contributed by atoms with van der Waals surface area (Å²) >= 11 is 0. The molecule has 0 amide bonds. The maximum atomic E-state index is 12.7. The van der Waals surface area contributed by atoms with E-state index in [0.717, 1.165) is 0 Å². The van der Waals surface area contributed by atoms with Gasteiger partial charge in [-0.1, -0.05) is 41.5 Å². The van der Waals surface area contributed by atoms with E-state index in [-0.39, 0.29) is 35.9 Å². The quantitative estimate of drug-likeness (QED) is 0.693. The van der Waals surface area contributed by atoms with E-state index in [1.807, 2.05) is 20.8 Å². The van der Waals surface area contributed by atoms with Crippen molar-refractivity contribution < 1.29 is 24.5 Å². The Kier molecular flexibility index (Phi) is 8.74. The van der Waals surface area contributed by atoms with Gasteiger partial charge in [-0.2, -0.15) is 0 Å². The van der Waals surface area contributed by atoms with Crippen molar-refractivity contribution >= 4 is 11.8 Å². The molecule has 0 aromatic heterocycles. The molecule has 0 spiro atoms. The number of aliphatic hydroxyl groups is 2. The molecule has 2 N–H and O–H groups in total. The zero-order valence-electron chi connectivity index (χ0n) is 17.4. The smallest absolute Gasteiger partial charge is 0.311 e. The van der Waals surface area contributed by atoms with Crippen LogP contribution in [0.4, 0.5) is 0 Å². The predicted molar refractivity (Wildman–Crippen MR) is 101 cm³/mol. The molecule has 9 unspecified atom stereocenters. The van der Waals surface area contributed by atoms with Gasteiger partial charge in [0, 0.05) is 18.3 Å². The topological polar surface area (TPSA) is 83.8 Å². The van der Waals surface area contributed by atoms with E-state index in [1.54, 1.807) is 13.8 Å². The normalized spacial score (nSPS) is 44.3. The molecule has 9 atom stereocenters. The maximum Gasteiger partial charge on any atom is 0.311 e. The minimum absolute atomic E-state index is 0.0522. The number of hydrogen-bond acceptors (Lipinski definition) is 5. The second-order valence-corrected chi connectivity index (χ2v) is 8.57. The molecule has 26 heavy (non-hydrogen) atoms. The Morgan fingerprint density at radius 2 is 1.50 bits per heavy atom. The SMILES string of the molecule is CCC1CC(O)C(C)C(=O)C(C)CC(C)C(C)C(C)C(O)C(C)C(=O)O1. The van der Waals surface area contributed by atoms with E-state index in [2.05, 4.69) is 13.8 Å². The first-order chi connectivity index (χ1) is 12.0. The van der Waals surface area contributed by atoms with E-state index >= 15 is 0 Å². The average Bonchev–Trinajstić information content (AvgIpc) is 2.62. The highest BCUT2D eigenvalue weighted by Crippen LogP contribution is 2.33. The van der Waals surface area contributed by atoms with Crippen molar-refractivity contribution in [2.45, 2.75) is 86.0 Å². The molecule has 1 saturated heterocycles. The van der Waals surface area contributed by atoms with E-state index in [4.69, 9.17) is 4.74 Å².